The molecule has 6 nitrogen and oxygen atoms in total. The second-order valence-electron chi connectivity index (χ2n) is 20.6. The molecule has 0 heterocycles. The third-order valence-electron chi connectivity index (χ3n) is 13.6. The van der Waals surface area contributed by atoms with Crippen molar-refractivity contribution in [1.82, 2.24) is 0 Å². The summed E-state index contributed by atoms with van der Waals surface area (Å²) in [4.78, 5) is 38.2. The zero-order chi connectivity index (χ0) is 50.0. The SMILES string of the molecule is CCCCCCC/C=C\C/C=C\CCCCCCCCCCCC(=O)OCC(COC(=O)CCCCCCCCCCCCCC)OC(=O)CCCCCCCCC/C=C\CCCCCCCCC. The number of allylic oxidation sites excluding steroid dienone is 6. The van der Waals surface area contributed by atoms with E-state index in [-0.39, 0.29) is 31.1 Å². The Morgan fingerprint density at radius 1 is 0.290 bits per heavy atom. The third-order valence-corrected chi connectivity index (χ3v) is 13.6. The van der Waals surface area contributed by atoms with E-state index in [1.165, 1.54) is 225 Å². The molecule has 0 aromatic heterocycles. The average molecular weight is 970 g/mol. The first kappa shape index (κ1) is 66.6. The fourth-order valence-corrected chi connectivity index (χ4v) is 9.00. The normalized spacial score (nSPS) is 12.2. The van der Waals surface area contributed by atoms with Gasteiger partial charge in [0.2, 0.25) is 0 Å². The van der Waals surface area contributed by atoms with Crippen molar-refractivity contribution < 1.29 is 28.6 Å². The summed E-state index contributed by atoms with van der Waals surface area (Å²) < 4.78 is 16.9. The van der Waals surface area contributed by atoms with Gasteiger partial charge in [0.15, 0.2) is 6.10 Å². The first-order chi connectivity index (χ1) is 34.0. The highest BCUT2D eigenvalue weighted by Gasteiger charge is 2.19. The van der Waals surface area contributed by atoms with Gasteiger partial charge in [0, 0.05) is 19.3 Å². The van der Waals surface area contributed by atoms with Crippen LogP contribution < -0.4 is 0 Å². The second kappa shape index (κ2) is 58.2. The second-order valence-corrected chi connectivity index (χ2v) is 20.6. The fourth-order valence-electron chi connectivity index (χ4n) is 9.00. The van der Waals surface area contributed by atoms with Crippen LogP contribution in [0.25, 0.3) is 0 Å². The summed E-state index contributed by atoms with van der Waals surface area (Å²) >= 11 is 0. The van der Waals surface area contributed by atoms with Crippen LogP contribution >= 0.6 is 0 Å². The molecule has 0 bridgehead atoms. The van der Waals surface area contributed by atoms with Gasteiger partial charge < -0.3 is 14.2 Å². The molecule has 6 heteroatoms. The van der Waals surface area contributed by atoms with E-state index < -0.39 is 6.10 Å². The summed E-state index contributed by atoms with van der Waals surface area (Å²) in [6.07, 6.45) is 69.9. The zero-order valence-electron chi connectivity index (χ0n) is 46.3. The number of rotatable bonds is 56. The molecule has 0 radical (unpaired) electrons. The Morgan fingerprint density at radius 2 is 0.522 bits per heavy atom. The van der Waals surface area contributed by atoms with Crippen molar-refractivity contribution in [3.63, 3.8) is 0 Å². The van der Waals surface area contributed by atoms with Gasteiger partial charge in [-0.3, -0.25) is 14.4 Å². The van der Waals surface area contributed by atoms with E-state index in [4.69, 9.17) is 14.2 Å². The zero-order valence-corrected chi connectivity index (χ0v) is 46.3. The van der Waals surface area contributed by atoms with Gasteiger partial charge >= 0.3 is 17.9 Å². The van der Waals surface area contributed by atoms with Crippen molar-refractivity contribution in [3.05, 3.63) is 36.5 Å². The Kier molecular flexibility index (Phi) is 56.2. The summed E-state index contributed by atoms with van der Waals surface area (Å²) in [5, 5.41) is 0. The van der Waals surface area contributed by atoms with E-state index in [0.29, 0.717) is 19.3 Å². The van der Waals surface area contributed by atoms with Crippen LogP contribution in [-0.2, 0) is 28.6 Å². The highest BCUT2D eigenvalue weighted by Crippen LogP contribution is 2.16. The number of carbonyl (C=O) groups is 3. The lowest BCUT2D eigenvalue weighted by atomic mass is 10.0. The van der Waals surface area contributed by atoms with E-state index in [1.807, 2.05) is 0 Å². The van der Waals surface area contributed by atoms with Crippen molar-refractivity contribution in [1.29, 1.82) is 0 Å². The molecular formula is C63H116O6. The van der Waals surface area contributed by atoms with E-state index in [0.717, 1.165) is 64.2 Å². The number of carbonyl (C=O) groups excluding carboxylic acids is 3. The molecule has 0 aliphatic heterocycles. The van der Waals surface area contributed by atoms with Crippen LogP contribution in [0.3, 0.4) is 0 Å². The van der Waals surface area contributed by atoms with Gasteiger partial charge in [-0.1, -0.05) is 269 Å². The lowest BCUT2D eigenvalue weighted by Crippen LogP contribution is -2.30. The monoisotopic (exact) mass is 969 g/mol. The standard InChI is InChI=1S/C63H116O6/c1-4-7-10-13-16-19-22-25-27-29-31-32-33-35-36-38-41-44-47-50-53-56-62(65)68-59-60(58-67-61(64)55-52-49-46-43-40-24-21-18-15-12-9-6-3)69-63(66)57-54-51-48-45-42-39-37-34-30-28-26-23-20-17-14-11-8-5-2/h22,25,28-31,60H,4-21,23-24,26-27,32-59H2,1-3H3/b25-22-,30-28-,31-29-. The van der Waals surface area contributed by atoms with Crippen LogP contribution in [0.1, 0.15) is 329 Å². The van der Waals surface area contributed by atoms with E-state index >= 15 is 0 Å². The molecule has 69 heavy (non-hydrogen) atoms. The van der Waals surface area contributed by atoms with Gasteiger partial charge in [0.25, 0.3) is 0 Å². The highest BCUT2D eigenvalue weighted by atomic mass is 16.6. The maximum atomic E-state index is 12.9. The first-order valence-corrected chi connectivity index (χ1v) is 30.5. The van der Waals surface area contributed by atoms with E-state index in [2.05, 4.69) is 57.2 Å². The summed E-state index contributed by atoms with van der Waals surface area (Å²) in [5.41, 5.74) is 0. The predicted molar refractivity (Wildman–Crippen MR) is 298 cm³/mol. The van der Waals surface area contributed by atoms with Crippen LogP contribution in [0.2, 0.25) is 0 Å². The van der Waals surface area contributed by atoms with Crippen LogP contribution in [0.4, 0.5) is 0 Å². The van der Waals surface area contributed by atoms with E-state index in [1.54, 1.807) is 0 Å². The minimum atomic E-state index is -0.773. The molecule has 0 amide bonds. The molecule has 0 aliphatic rings. The quantitative estimate of drug-likeness (QED) is 0.0261. The summed E-state index contributed by atoms with van der Waals surface area (Å²) in [5.74, 6) is -0.861. The van der Waals surface area contributed by atoms with Gasteiger partial charge in [-0.2, -0.15) is 0 Å². The number of unbranched alkanes of at least 4 members (excludes halogenated alkanes) is 39. The lowest BCUT2D eigenvalue weighted by molar-refractivity contribution is -0.167. The van der Waals surface area contributed by atoms with Crippen molar-refractivity contribution in [2.75, 3.05) is 13.2 Å². The predicted octanol–water partition coefficient (Wildman–Crippen LogP) is 20.4. The highest BCUT2D eigenvalue weighted by molar-refractivity contribution is 5.71. The van der Waals surface area contributed by atoms with Gasteiger partial charge in [-0.25, -0.2) is 0 Å². The molecule has 1 unspecified atom stereocenters. The molecule has 0 aliphatic carbocycles. The summed E-state index contributed by atoms with van der Waals surface area (Å²) in [7, 11) is 0. The molecule has 0 rings (SSSR count). The Morgan fingerprint density at radius 3 is 0.812 bits per heavy atom. The minimum absolute atomic E-state index is 0.0714. The largest absolute Gasteiger partial charge is 0.462 e. The van der Waals surface area contributed by atoms with Gasteiger partial charge in [0.1, 0.15) is 13.2 Å². The molecule has 0 saturated carbocycles. The van der Waals surface area contributed by atoms with Crippen LogP contribution in [-0.4, -0.2) is 37.2 Å². The van der Waals surface area contributed by atoms with Crippen molar-refractivity contribution in [2.45, 2.75) is 335 Å². The topological polar surface area (TPSA) is 78.9 Å². The number of ether oxygens (including phenoxy) is 3. The molecule has 0 aromatic rings. The van der Waals surface area contributed by atoms with Crippen LogP contribution in [0, 0.1) is 0 Å². The van der Waals surface area contributed by atoms with Crippen molar-refractivity contribution in [2.24, 2.45) is 0 Å². The number of esters is 3. The lowest BCUT2D eigenvalue weighted by Gasteiger charge is -2.18. The number of hydrogen-bond acceptors (Lipinski definition) is 6. The molecule has 0 saturated heterocycles. The van der Waals surface area contributed by atoms with Gasteiger partial charge in [0.05, 0.1) is 0 Å². The molecule has 0 fully saturated rings. The van der Waals surface area contributed by atoms with Crippen molar-refractivity contribution in [3.8, 4) is 0 Å². The smallest absolute Gasteiger partial charge is 0.306 e. The van der Waals surface area contributed by atoms with Crippen LogP contribution in [0.15, 0.2) is 36.5 Å². The molecule has 1 atom stereocenters. The molecule has 0 N–H and O–H groups in total. The molecular weight excluding hydrogens is 853 g/mol. The maximum Gasteiger partial charge on any atom is 0.306 e. The molecule has 0 spiro atoms. The Bertz CT molecular complexity index is 1160. The Labute approximate surface area is 429 Å². The third kappa shape index (κ3) is 56.4. The van der Waals surface area contributed by atoms with Crippen molar-refractivity contribution >= 4 is 17.9 Å². The maximum absolute atomic E-state index is 12.9. The van der Waals surface area contributed by atoms with Crippen LogP contribution in [0.5, 0.6) is 0 Å². The summed E-state index contributed by atoms with van der Waals surface area (Å²) in [6, 6.07) is 0. The summed E-state index contributed by atoms with van der Waals surface area (Å²) in [6.45, 7) is 6.66. The number of hydrogen-bond donors (Lipinski definition) is 0. The Balaban J connectivity index is 4.30. The Hall–Kier alpha value is -2.37. The molecule has 404 valence electrons. The fraction of sp³-hybridized carbons (Fsp3) is 0.857. The molecule has 0 aromatic carbocycles. The minimum Gasteiger partial charge on any atom is -0.462 e. The average Bonchev–Trinajstić information content (AvgIpc) is 3.35. The van der Waals surface area contributed by atoms with Gasteiger partial charge in [-0.15, -0.1) is 0 Å². The van der Waals surface area contributed by atoms with E-state index in [9.17, 15) is 14.4 Å². The first-order valence-electron chi connectivity index (χ1n) is 30.5. The van der Waals surface area contributed by atoms with Gasteiger partial charge in [-0.05, 0) is 77.0 Å².